The van der Waals surface area contributed by atoms with Gasteiger partial charge in [-0.25, -0.2) is 0 Å². The van der Waals surface area contributed by atoms with E-state index in [1.807, 2.05) is 60.7 Å². The molecule has 0 radical (unpaired) electrons. The number of rotatable bonds is 9. The van der Waals surface area contributed by atoms with Gasteiger partial charge in [-0.15, -0.1) is 12.4 Å². The zero-order valence-electron chi connectivity index (χ0n) is 29.5. The molecule has 11 nitrogen and oxygen atoms in total. The number of halogens is 1. The maximum absolute atomic E-state index is 14.0. The van der Waals surface area contributed by atoms with Crippen LogP contribution < -0.4 is 4.74 Å². The number of benzene rings is 4. The first kappa shape index (κ1) is 38.1. The van der Waals surface area contributed by atoms with Crippen LogP contribution in [0, 0.1) is 0 Å². The van der Waals surface area contributed by atoms with E-state index in [4.69, 9.17) is 14.2 Å². The molecule has 0 unspecified atom stereocenters. The lowest BCUT2D eigenvalue weighted by molar-refractivity contribution is -0.259. The monoisotopic (exact) mass is 743 g/mol. The smallest absolute Gasteiger partial charge is 0.202 e. The van der Waals surface area contributed by atoms with Crippen LogP contribution in [-0.4, -0.2) is 79.9 Å². The first-order valence-corrected chi connectivity index (χ1v) is 17.3. The summed E-state index contributed by atoms with van der Waals surface area (Å²) >= 11 is 0. The van der Waals surface area contributed by atoms with E-state index in [-0.39, 0.29) is 53.3 Å². The highest BCUT2D eigenvalue weighted by Crippen LogP contribution is 2.52. The van der Waals surface area contributed by atoms with E-state index in [2.05, 4.69) is 4.90 Å². The van der Waals surface area contributed by atoms with Gasteiger partial charge in [-0.2, -0.15) is 0 Å². The molecule has 4 aromatic carbocycles. The van der Waals surface area contributed by atoms with Crippen LogP contribution in [0.25, 0.3) is 0 Å². The van der Waals surface area contributed by atoms with Gasteiger partial charge in [0.1, 0.15) is 22.8 Å². The van der Waals surface area contributed by atoms with Gasteiger partial charge in [-0.05, 0) is 31.0 Å². The maximum Gasteiger partial charge on any atom is 0.202 e. The highest BCUT2D eigenvalue weighted by atomic mass is 35.5. The third kappa shape index (κ3) is 6.85. The van der Waals surface area contributed by atoms with Crippen molar-refractivity contribution in [3.63, 3.8) is 0 Å². The van der Waals surface area contributed by atoms with Crippen LogP contribution in [0.4, 0.5) is 0 Å². The van der Waals surface area contributed by atoms with Crippen LogP contribution in [0.1, 0.15) is 86.9 Å². The number of aliphatic hydroxyl groups excluding tert-OH is 1. The lowest BCUT2D eigenvalue weighted by Gasteiger charge is -2.45. The summed E-state index contributed by atoms with van der Waals surface area (Å²) in [6, 6.07) is 23.8. The molecule has 0 amide bonds. The number of hydrogen-bond donors (Lipinski definition) is 4. The summed E-state index contributed by atoms with van der Waals surface area (Å²) in [5, 5.41) is 46.8. The van der Waals surface area contributed by atoms with Gasteiger partial charge < -0.3 is 34.6 Å². The van der Waals surface area contributed by atoms with Gasteiger partial charge in [-0.3, -0.25) is 19.3 Å². The molecule has 6 atom stereocenters. The molecule has 2 aliphatic carbocycles. The Morgan fingerprint density at radius 1 is 0.887 bits per heavy atom. The van der Waals surface area contributed by atoms with E-state index >= 15 is 0 Å². The number of phenols is 2. The van der Waals surface area contributed by atoms with Gasteiger partial charge in [0.15, 0.2) is 17.9 Å². The van der Waals surface area contributed by atoms with Gasteiger partial charge in [0.25, 0.3) is 0 Å². The molecule has 0 spiro atoms. The van der Waals surface area contributed by atoms with E-state index in [0.717, 1.165) is 11.1 Å². The molecule has 1 saturated heterocycles. The van der Waals surface area contributed by atoms with Crippen molar-refractivity contribution >= 4 is 29.8 Å². The summed E-state index contributed by atoms with van der Waals surface area (Å²) in [5.41, 5.74) is -0.954. The number of methoxy groups -OCH3 is 1. The molecule has 0 aromatic heterocycles. The largest absolute Gasteiger partial charge is 0.507 e. The molecule has 1 aliphatic heterocycles. The van der Waals surface area contributed by atoms with Crippen LogP contribution in [0.15, 0.2) is 78.9 Å². The molecule has 4 N–H and O–H groups in total. The minimum atomic E-state index is -2.04. The quantitative estimate of drug-likeness (QED) is 0.147. The number of aliphatic hydroxyl groups is 2. The number of carbonyl (C=O) groups excluding carboxylic acids is 3. The SMILES string of the molecule is COc1cccc2c1C(=O)c1c(O)c3c(c(O)c1C2=O)C[C@@](O)(C(C)=O)C[C@@H]3O[C@H]1C[C@H](N(Cc2ccccc2)Cc2ccccc2)[C@H](O)[C@H](C)O1.Cl. The Kier molecular flexibility index (Phi) is 10.8. The summed E-state index contributed by atoms with van der Waals surface area (Å²) in [6.45, 7) is 3.96. The minimum absolute atomic E-state index is 0. The molecule has 3 aliphatic rings. The predicted octanol–water partition coefficient (Wildman–Crippen LogP) is 5.19. The summed E-state index contributed by atoms with van der Waals surface area (Å²) in [4.78, 5) is 42.9. The van der Waals surface area contributed by atoms with E-state index in [0.29, 0.717) is 13.1 Å². The molecule has 0 saturated carbocycles. The Balaban J connectivity index is 0.00000481. The van der Waals surface area contributed by atoms with Crippen molar-refractivity contribution in [2.75, 3.05) is 7.11 Å². The minimum Gasteiger partial charge on any atom is -0.507 e. The number of nitrogens with zero attached hydrogens (tertiary/aromatic N) is 1. The molecule has 53 heavy (non-hydrogen) atoms. The second kappa shape index (κ2) is 15.0. The second-order valence-electron chi connectivity index (χ2n) is 13.9. The Morgan fingerprint density at radius 3 is 2.08 bits per heavy atom. The van der Waals surface area contributed by atoms with Crippen molar-refractivity contribution in [2.24, 2.45) is 0 Å². The van der Waals surface area contributed by atoms with E-state index < -0.39 is 82.6 Å². The van der Waals surface area contributed by atoms with Gasteiger partial charge in [-0.1, -0.05) is 72.8 Å². The first-order chi connectivity index (χ1) is 24.9. The topological polar surface area (TPSA) is 163 Å². The number of ketones is 3. The molecule has 1 heterocycles. The summed E-state index contributed by atoms with van der Waals surface area (Å²) in [7, 11) is 1.36. The summed E-state index contributed by atoms with van der Waals surface area (Å²) in [6.07, 6.45) is -4.50. The number of phenolic OH excluding ortho intramolecular Hbond substituents is 2. The molecular weight excluding hydrogens is 702 g/mol. The Hall–Kier alpha value is -4.62. The summed E-state index contributed by atoms with van der Waals surface area (Å²) < 4.78 is 18.1. The third-order valence-corrected chi connectivity index (χ3v) is 10.6. The fourth-order valence-corrected chi connectivity index (χ4v) is 7.89. The highest BCUT2D eigenvalue weighted by molar-refractivity contribution is 6.31. The number of Topliss-reactive ketones (excluding diaryl/α,β-unsaturated/α-hetero) is 1. The van der Waals surface area contributed by atoms with E-state index in [1.54, 1.807) is 6.92 Å². The Bertz CT molecular complexity index is 2000. The predicted molar refractivity (Wildman–Crippen MR) is 196 cm³/mol. The lowest BCUT2D eigenvalue weighted by atomic mass is 9.72. The zero-order chi connectivity index (χ0) is 36.9. The maximum atomic E-state index is 14.0. The number of fused-ring (bicyclic) bond motifs is 3. The van der Waals surface area contributed by atoms with Gasteiger partial charge in [0.05, 0.1) is 42.1 Å². The molecule has 1 fully saturated rings. The van der Waals surface area contributed by atoms with Crippen LogP contribution in [0.3, 0.4) is 0 Å². The Morgan fingerprint density at radius 2 is 1.49 bits per heavy atom. The van der Waals surface area contributed by atoms with Crippen molar-refractivity contribution in [1.82, 2.24) is 4.90 Å². The average molecular weight is 744 g/mol. The van der Waals surface area contributed by atoms with Crippen molar-refractivity contribution in [3.05, 3.63) is 123 Å². The van der Waals surface area contributed by atoms with Crippen LogP contribution in [-0.2, 0) is 33.8 Å². The van der Waals surface area contributed by atoms with Crippen LogP contribution in [0.2, 0.25) is 0 Å². The fourth-order valence-electron chi connectivity index (χ4n) is 7.89. The van der Waals surface area contributed by atoms with E-state index in [9.17, 15) is 34.8 Å². The van der Waals surface area contributed by atoms with Crippen molar-refractivity contribution < 1.29 is 49.0 Å². The van der Waals surface area contributed by atoms with Gasteiger partial charge in [0, 0.05) is 55.1 Å². The number of ether oxygens (including phenoxy) is 3. The van der Waals surface area contributed by atoms with Crippen LogP contribution in [0.5, 0.6) is 17.2 Å². The van der Waals surface area contributed by atoms with Gasteiger partial charge >= 0.3 is 0 Å². The molecule has 0 bridgehead atoms. The number of carbonyl (C=O) groups is 3. The van der Waals surface area contributed by atoms with Crippen LogP contribution >= 0.6 is 12.4 Å². The van der Waals surface area contributed by atoms with Crippen molar-refractivity contribution in [3.8, 4) is 17.2 Å². The van der Waals surface area contributed by atoms with Gasteiger partial charge in [0.2, 0.25) is 5.78 Å². The standard InChI is InChI=1S/C41H41NO10.ClH/c1-22-36(44)28(42(20-24-11-6-4-7-12-24)21-25-13-8-5-9-14-25)17-31(51-22)52-30-19-41(49,23(2)43)18-27-33(30)40(48)35-34(38(27)46)37(45)26-15-10-16-29(50-3)32(26)39(35)47;/h4-16,22,28,30-31,36,44,46,48-49H,17-21H2,1-3H3;1H/t22-,28-,30-,31-,36+,41-;/m0./s1. The Labute approximate surface area is 313 Å². The number of aromatic hydroxyl groups is 2. The highest BCUT2D eigenvalue weighted by Gasteiger charge is 2.50. The second-order valence-corrected chi connectivity index (χ2v) is 13.9. The normalized spacial score (nSPS) is 24.8. The van der Waals surface area contributed by atoms with Crippen molar-refractivity contribution in [2.45, 2.75) is 82.4 Å². The summed E-state index contributed by atoms with van der Waals surface area (Å²) in [5.74, 6) is -3.14. The van der Waals surface area contributed by atoms with Crippen molar-refractivity contribution in [1.29, 1.82) is 0 Å². The molecular formula is C41H42ClNO10. The molecule has 4 aromatic rings. The third-order valence-electron chi connectivity index (χ3n) is 10.6. The fraction of sp³-hybridized carbons (Fsp3) is 0.341. The zero-order valence-corrected chi connectivity index (χ0v) is 30.3. The molecule has 278 valence electrons. The first-order valence-electron chi connectivity index (χ1n) is 17.3. The average Bonchev–Trinajstić information content (AvgIpc) is 3.13. The number of hydrogen-bond acceptors (Lipinski definition) is 11. The molecule has 7 rings (SSSR count). The van der Waals surface area contributed by atoms with E-state index in [1.165, 1.54) is 32.2 Å². The lowest BCUT2D eigenvalue weighted by Crippen LogP contribution is -2.55. The molecule has 12 heteroatoms.